The molecule has 0 saturated carbocycles. The van der Waals surface area contributed by atoms with E-state index in [4.69, 9.17) is 4.74 Å². The molecule has 3 heteroatoms. The van der Waals surface area contributed by atoms with Crippen molar-refractivity contribution in [2.45, 2.75) is 25.4 Å². The molecule has 1 N–H and O–H groups in total. The number of carbonyl (C=O) groups is 1. The molecule has 62 valence electrons. The summed E-state index contributed by atoms with van der Waals surface area (Å²) in [4.78, 5) is 11.0. The van der Waals surface area contributed by atoms with Gasteiger partial charge >= 0.3 is 0 Å². The quantitative estimate of drug-likeness (QED) is 0.577. The van der Waals surface area contributed by atoms with Crippen molar-refractivity contribution in [1.82, 2.24) is 5.32 Å². The Bertz CT molecular complexity index is 169. The number of hydrogen-bond donors (Lipinski definition) is 1. The second kappa shape index (κ2) is 2.57. The summed E-state index contributed by atoms with van der Waals surface area (Å²) in [5, 5.41) is 3.28. The van der Waals surface area contributed by atoms with Gasteiger partial charge in [0.2, 0.25) is 0 Å². The van der Waals surface area contributed by atoms with E-state index in [1.54, 1.807) is 6.92 Å². The van der Waals surface area contributed by atoms with Gasteiger partial charge in [-0.25, -0.2) is 0 Å². The summed E-state index contributed by atoms with van der Waals surface area (Å²) in [5.74, 6) is 0.850. The highest BCUT2D eigenvalue weighted by Crippen LogP contribution is 2.26. The first kappa shape index (κ1) is 7.25. The largest absolute Gasteiger partial charge is 0.379 e. The highest BCUT2D eigenvalue weighted by atomic mass is 16.5. The topological polar surface area (TPSA) is 38.3 Å². The SMILES string of the molecule is CC(=O)C1CC2COCC2N1. The van der Waals surface area contributed by atoms with E-state index < -0.39 is 0 Å². The first-order valence-corrected chi connectivity index (χ1v) is 4.11. The molecular weight excluding hydrogens is 142 g/mol. The number of nitrogens with one attached hydrogen (secondary N) is 1. The van der Waals surface area contributed by atoms with Crippen molar-refractivity contribution in [2.75, 3.05) is 13.2 Å². The summed E-state index contributed by atoms with van der Waals surface area (Å²) in [6, 6.07) is 0.554. The molecule has 0 radical (unpaired) electrons. The van der Waals surface area contributed by atoms with E-state index in [-0.39, 0.29) is 11.8 Å². The van der Waals surface area contributed by atoms with Gasteiger partial charge in [0.15, 0.2) is 0 Å². The number of rotatable bonds is 1. The maximum Gasteiger partial charge on any atom is 0.146 e. The van der Waals surface area contributed by atoms with Gasteiger partial charge in [0.1, 0.15) is 5.78 Å². The average molecular weight is 155 g/mol. The van der Waals surface area contributed by atoms with Crippen LogP contribution in [-0.2, 0) is 9.53 Å². The fraction of sp³-hybridized carbons (Fsp3) is 0.875. The summed E-state index contributed by atoms with van der Waals surface area (Å²) in [6.45, 7) is 3.27. The van der Waals surface area contributed by atoms with E-state index >= 15 is 0 Å². The van der Waals surface area contributed by atoms with E-state index in [2.05, 4.69) is 5.32 Å². The predicted molar refractivity (Wildman–Crippen MR) is 40.3 cm³/mol. The molecule has 0 aromatic rings. The van der Waals surface area contributed by atoms with Crippen LogP contribution in [-0.4, -0.2) is 31.1 Å². The number of ketones is 1. The van der Waals surface area contributed by atoms with Crippen LogP contribution < -0.4 is 5.32 Å². The summed E-state index contributed by atoms with van der Waals surface area (Å²) in [7, 11) is 0. The number of fused-ring (bicyclic) bond motifs is 1. The van der Waals surface area contributed by atoms with Gasteiger partial charge in [-0.15, -0.1) is 0 Å². The minimum absolute atomic E-state index is 0.105. The van der Waals surface area contributed by atoms with Crippen LogP contribution in [0.3, 0.4) is 0 Å². The highest BCUT2D eigenvalue weighted by molar-refractivity contribution is 5.81. The fourth-order valence-electron chi connectivity index (χ4n) is 1.93. The Hall–Kier alpha value is -0.410. The van der Waals surface area contributed by atoms with Crippen molar-refractivity contribution in [1.29, 1.82) is 0 Å². The molecule has 0 spiro atoms. The Balaban J connectivity index is 1.99. The minimum atomic E-state index is 0.105. The van der Waals surface area contributed by atoms with E-state index in [1.165, 1.54) is 0 Å². The van der Waals surface area contributed by atoms with E-state index in [0.717, 1.165) is 19.6 Å². The molecule has 2 heterocycles. The van der Waals surface area contributed by atoms with Crippen molar-refractivity contribution in [3.8, 4) is 0 Å². The molecule has 3 atom stereocenters. The van der Waals surface area contributed by atoms with Crippen molar-refractivity contribution in [3.63, 3.8) is 0 Å². The lowest BCUT2D eigenvalue weighted by atomic mass is 10.0. The van der Waals surface area contributed by atoms with E-state index in [9.17, 15) is 4.79 Å². The molecular formula is C8H13NO2. The normalized spacial score (nSPS) is 42.5. The Morgan fingerprint density at radius 1 is 1.55 bits per heavy atom. The molecule has 0 amide bonds. The molecule has 2 aliphatic heterocycles. The third-order valence-corrected chi connectivity index (χ3v) is 2.64. The molecule has 2 rings (SSSR count). The highest BCUT2D eigenvalue weighted by Gasteiger charge is 2.39. The molecule has 3 unspecified atom stereocenters. The monoisotopic (exact) mass is 155 g/mol. The van der Waals surface area contributed by atoms with Crippen molar-refractivity contribution in [3.05, 3.63) is 0 Å². The number of Topliss-reactive ketones (excluding diaryl/α,β-unsaturated/α-hetero) is 1. The predicted octanol–water partition coefficient (Wildman–Crippen LogP) is -0.0477. The molecule has 0 aliphatic carbocycles. The van der Waals surface area contributed by atoms with Crippen LogP contribution in [0.2, 0.25) is 0 Å². The maximum atomic E-state index is 11.0. The van der Waals surface area contributed by atoms with Crippen LogP contribution in [0.1, 0.15) is 13.3 Å². The van der Waals surface area contributed by atoms with E-state index in [0.29, 0.717) is 12.0 Å². The van der Waals surface area contributed by atoms with Crippen LogP contribution in [0.15, 0.2) is 0 Å². The summed E-state index contributed by atoms with van der Waals surface area (Å²) >= 11 is 0. The Labute approximate surface area is 66.1 Å². The van der Waals surface area contributed by atoms with Gasteiger partial charge in [-0.1, -0.05) is 0 Å². The average Bonchev–Trinajstić information content (AvgIpc) is 2.40. The lowest BCUT2D eigenvalue weighted by Crippen LogP contribution is -2.35. The number of ether oxygens (including phenoxy) is 1. The summed E-state index contributed by atoms with van der Waals surface area (Å²) < 4.78 is 5.27. The summed E-state index contributed by atoms with van der Waals surface area (Å²) in [6.07, 6.45) is 0.972. The van der Waals surface area contributed by atoms with Gasteiger partial charge in [0.25, 0.3) is 0 Å². The van der Waals surface area contributed by atoms with E-state index in [1.807, 2.05) is 0 Å². The zero-order valence-electron chi connectivity index (χ0n) is 6.67. The Kier molecular flexibility index (Phi) is 1.69. The standard InChI is InChI=1S/C8H13NO2/c1-5(10)7-2-6-3-11-4-8(6)9-7/h6-9H,2-4H2,1H3. The second-order valence-corrected chi connectivity index (χ2v) is 3.47. The first-order chi connectivity index (χ1) is 5.27. The number of hydrogen-bond acceptors (Lipinski definition) is 3. The van der Waals surface area contributed by atoms with Crippen molar-refractivity contribution >= 4 is 5.78 Å². The minimum Gasteiger partial charge on any atom is -0.379 e. The first-order valence-electron chi connectivity index (χ1n) is 4.11. The van der Waals surface area contributed by atoms with Crippen molar-refractivity contribution in [2.24, 2.45) is 5.92 Å². The van der Waals surface area contributed by atoms with Crippen molar-refractivity contribution < 1.29 is 9.53 Å². The van der Waals surface area contributed by atoms with Crippen LogP contribution in [0.5, 0.6) is 0 Å². The zero-order chi connectivity index (χ0) is 7.84. The van der Waals surface area contributed by atoms with Gasteiger partial charge in [0, 0.05) is 12.0 Å². The Morgan fingerprint density at radius 3 is 3.00 bits per heavy atom. The lowest BCUT2D eigenvalue weighted by molar-refractivity contribution is -0.118. The second-order valence-electron chi connectivity index (χ2n) is 3.47. The molecule has 0 bridgehead atoms. The van der Waals surface area contributed by atoms with Crippen LogP contribution in [0.4, 0.5) is 0 Å². The van der Waals surface area contributed by atoms with Crippen LogP contribution in [0, 0.1) is 5.92 Å². The Morgan fingerprint density at radius 2 is 2.36 bits per heavy atom. The molecule has 0 aromatic carbocycles. The van der Waals surface area contributed by atoms with Crippen LogP contribution in [0.25, 0.3) is 0 Å². The summed E-state index contributed by atoms with van der Waals surface area (Å²) in [5.41, 5.74) is 0. The molecule has 3 nitrogen and oxygen atoms in total. The lowest BCUT2D eigenvalue weighted by Gasteiger charge is -2.07. The third kappa shape index (κ3) is 1.19. The van der Waals surface area contributed by atoms with Gasteiger partial charge in [-0.05, 0) is 13.3 Å². The van der Waals surface area contributed by atoms with Gasteiger partial charge in [0.05, 0.1) is 19.3 Å². The van der Waals surface area contributed by atoms with Gasteiger partial charge in [-0.2, -0.15) is 0 Å². The van der Waals surface area contributed by atoms with Gasteiger partial charge < -0.3 is 10.1 Å². The molecule has 11 heavy (non-hydrogen) atoms. The maximum absolute atomic E-state index is 11.0. The molecule has 2 aliphatic rings. The fourth-order valence-corrected chi connectivity index (χ4v) is 1.93. The third-order valence-electron chi connectivity index (χ3n) is 2.64. The smallest absolute Gasteiger partial charge is 0.146 e. The molecule has 2 saturated heterocycles. The van der Waals surface area contributed by atoms with Gasteiger partial charge in [-0.3, -0.25) is 4.79 Å². The zero-order valence-corrected chi connectivity index (χ0v) is 6.67. The number of carbonyl (C=O) groups excluding carboxylic acids is 1. The van der Waals surface area contributed by atoms with Crippen LogP contribution >= 0.6 is 0 Å². The molecule has 2 fully saturated rings. The molecule has 0 aromatic heterocycles.